The molecule has 0 radical (unpaired) electrons. The van der Waals surface area contributed by atoms with Crippen LogP contribution in [0.3, 0.4) is 0 Å². The molecule has 0 amide bonds. The Bertz CT molecular complexity index is 547. The molecule has 1 saturated heterocycles. The van der Waals surface area contributed by atoms with Crippen molar-refractivity contribution >= 4 is 16.8 Å². The van der Waals surface area contributed by atoms with Crippen LogP contribution < -0.4 is 5.32 Å². The van der Waals surface area contributed by atoms with Crippen LogP contribution in [0.2, 0.25) is 0 Å². The molecule has 1 N–H and O–H groups in total. The van der Waals surface area contributed by atoms with Gasteiger partial charge in [-0.1, -0.05) is 0 Å². The Labute approximate surface area is 106 Å². The number of furan rings is 1. The van der Waals surface area contributed by atoms with Gasteiger partial charge in [0.1, 0.15) is 11.4 Å². The molecule has 4 heteroatoms. The first-order valence-corrected chi connectivity index (χ1v) is 6.37. The largest absolute Gasteiger partial charge is 0.464 e. The van der Waals surface area contributed by atoms with Crippen molar-refractivity contribution in [1.82, 2.24) is 4.98 Å². The Hall–Kier alpha value is -1.55. The molecule has 0 aliphatic carbocycles. The molecule has 1 unspecified atom stereocenters. The maximum atomic E-state index is 5.73. The Morgan fingerprint density at radius 1 is 1.39 bits per heavy atom. The van der Waals surface area contributed by atoms with Crippen molar-refractivity contribution < 1.29 is 9.15 Å². The molecule has 2 aromatic rings. The van der Waals surface area contributed by atoms with Gasteiger partial charge in [-0.25, -0.2) is 4.98 Å². The van der Waals surface area contributed by atoms with Gasteiger partial charge in [-0.2, -0.15) is 0 Å². The standard InChI is InChI=1S/C14H18N2O2/c1-14(2)9-10(4-8-18-14)16-13-11-5-7-17-12(11)3-6-15-13/h3,5-7,10H,4,8-9H2,1-2H3,(H,15,16). The van der Waals surface area contributed by atoms with E-state index in [1.54, 1.807) is 12.5 Å². The van der Waals surface area contributed by atoms with E-state index >= 15 is 0 Å². The number of aromatic nitrogens is 1. The first-order valence-electron chi connectivity index (χ1n) is 6.37. The van der Waals surface area contributed by atoms with Crippen LogP contribution in [0, 0.1) is 0 Å². The minimum absolute atomic E-state index is 0.0553. The quantitative estimate of drug-likeness (QED) is 0.884. The minimum Gasteiger partial charge on any atom is -0.464 e. The van der Waals surface area contributed by atoms with Gasteiger partial charge in [0.15, 0.2) is 0 Å². The fraction of sp³-hybridized carbons (Fsp3) is 0.500. The van der Waals surface area contributed by atoms with Crippen LogP contribution in [0.15, 0.2) is 29.0 Å². The minimum atomic E-state index is -0.0553. The van der Waals surface area contributed by atoms with E-state index < -0.39 is 0 Å². The molecule has 1 aliphatic heterocycles. The van der Waals surface area contributed by atoms with Crippen molar-refractivity contribution in [3.63, 3.8) is 0 Å². The molecule has 1 atom stereocenters. The van der Waals surface area contributed by atoms with Crippen molar-refractivity contribution in [3.05, 3.63) is 24.6 Å². The zero-order chi connectivity index (χ0) is 12.6. The van der Waals surface area contributed by atoms with E-state index in [1.165, 1.54) is 0 Å². The summed E-state index contributed by atoms with van der Waals surface area (Å²) >= 11 is 0. The van der Waals surface area contributed by atoms with Gasteiger partial charge in [-0.3, -0.25) is 0 Å². The first-order chi connectivity index (χ1) is 8.64. The number of anilines is 1. The van der Waals surface area contributed by atoms with Crippen molar-refractivity contribution in [3.8, 4) is 0 Å². The Kier molecular flexibility index (Phi) is 2.74. The summed E-state index contributed by atoms with van der Waals surface area (Å²) < 4.78 is 11.1. The van der Waals surface area contributed by atoms with E-state index in [0.29, 0.717) is 6.04 Å². The summed E-state index contributed by atoms with van der Waals surface area (Å²) in [5.74, 6) is 0.906. The molecule has 0 saturated carbocycles. The first kappa shape index (κ1) is 11.5. The monoisotopic (exact) mass is 246 g/mol. The van der Waals surface area contributed by atoms with Gasteiger partial charge in [0.05, 0.1) is 17.3 Å². The molecule has 3 rings (SSSR count). The fourth-order valence-electron chi connectivity index (χ4n) is 2.56. The zero-order valence-electron chi connectivity index (χ0n) is 10.8. The number of hydrogen-bond donors (Lipinski definition) is 1. The van der Waals surface area contributed by atoms with Crippen LogP contribution in [-0.4, -0.2) is 23.2 Å². The van der Waals surface area contributed by atoms with E-state index in [4.69, 9.17) is 9.15 Å². The van der Waals surface area contributed by atoms with Crippen molar-refractivity contribution in [2.75, 3.05) is 11.9 Å². The summed E-state index contributed by atoms with van der Waals surface area (Å²) in [7, 11) is 0. The highest BCUT2D eigenvalue weighted by Gasteiger charge is 2.29. The maximum Gasteiger partial charge on any atom is 0.139 e. The topological polar surface area (TPSA) is 47.3 Å². The molecule has 1 fully saturated rings. The lowest BCUT2D eigenvalue weighted by Crippen LogP contribution is -2.40. The SMILES string of the molecule is CC1(C)CC(Nc2nccc3occc23)CCO1. The molecule has 18 heavy (non-hydrogen) atoms. The van der Waals surface area contributed by atoms with Crippen molar-refractivity contribution in [2.45, 2.75) is 38.3 Å². The molecule has 2 aromatic heterocycles. The van der Waals surface area contributed by atoms with Crippen LogP contribution >= 0.6 is 0 Å². The predicted octanol–water partition coefficient (Wildman–Crippen LogP) is 3.20. The van der Waals surface area contributed by atoms with Crippen molar-refractivity contribution in [2.24, 2.45) is 0 Å². The van der Waals surface area contributed by atoms with Gasteiger partial charge in [-0.05, 0) is 38.8 Å². The summed E-state index contributed by atoms with van der Waals surface area (Å²) in [5.41, 5.74) is 0.819. The number of ether oxygens (including phenoxy) is 1. The molecule has 96 valence electrons. The number of rotatable bonds is 2. The molecule has 0 spiro atoms. The van der Waals surface area contributed by atoms with Gasteiger partial charge >= 0.3 is 0 Å². The molecule has 3 heterocycles. The van der Waals surface area contributed by atoms with Gasteiger partial charge in [0, 0.05) is 18.8 Å². The number of nitrogens with zero attached hydrogens (tertiary/aromatic N) is 1. The lowest BCUT2D eigenvalue weighted by molar-refractivity contribution is -0.0553. The highest BCUT2D eigenvalue weighted by Crippen LogP contribution is 2.28. The highest BCUT2D eigenvalue weighted by atomic mass is 16.5. The highest BCUT2D eigenvalue weighted by molar-refractivity contribution is 5.87. The Morgan fingerprint density at radius 2 is 2.28 bits per heavy atom. The smallest absolute Gasteiger partial charge is 0.139 e. The van der Waals surface area contributed by atoms with Gasteiger partial charge < -0.3 is 14.5 Å². The summed E-state index contributed by atoms with van der Waals surface area (Å²) in [4.78, 5) is 4.41. The number of pyridine rings is 1. The average molecular weight is 246 g/mol. The van der Waals surface area contributed by atoms with Crippen LogP contribution in [0.1, 0.15) is 26.7 Å². The van der Waals surface area contributed by atoms with Gasteiger partial charge in [-0.15, -0.1) is 0 Å². The lowest BCUT2D eigenvalue weighted by Gasteiger charge is -2.36. The second-order valence-corrected chi connectivity index (χ2v) is 5.43. The third-order valence-corrected chi connectivity index (χ3v) is 3.42. The van der Waals surface area contributed by atoms with E-state index in [-0.39, 0.29) is 5.60 Å². The lowest BCUT2D eigenvalue weighted by atomic mass is 9.94. The second kappa shape index (κ2) is 4.28. The van der Waals surface area contributed by atoms with E-state index in [2.05, 4.69) is 24.1 Å². The number of nitrogens with one attached hydrogen (secondary N) is 1. The molecule has 1 aliphatic rings. The molecule has 4 nitrogen and oxygen atoms in total. The molecular formula is C14H18N2O2. The fourth-order valence-corrected chi connectivity index (χ4v) is 2.56. The van der Waals surface area contributed by atoms with E-state index in [1.807, 2.05) is 12.1 Å². The average Bonchev–Trinajstić information content (AvgIpc) is 2.77. The van der Waals surface area contributed by atoms with E-state index in [0.717, 1.165) is 36.2 Å². The summed E-state index contributed by atoms with van der Waals surface area (Å²) in [5, 5.41) is 4.56. The number of fused-ring (bicyclic) bond motifs is 1. The van der Waals surface area contributed by atoms with Gasteiger partial charge in [0.2, 0.25) is 0 Å². The number of hydrogen-bond acceptors (Lipinski definition) is 4. The zero-order valence-corrected chi connectivity index (χ0v) is 10.8. The van der Waals surface area contributed by atoms with Crippen LogP contribution in [0.4, 0.5) is 5.82 Å². The van der Waals surface area contributed by atoms with E-state index in [9.17, 15) is 0 Å². The Morgan fingerprint density at radius 3 is 3.11 bits per heavy atom. The molecule has 0 bridgehead atoms. The molecule has 0 aromatic carbocycles. The summed E-state index contributed by atoms with van der Waals surface area (Å²) in [6, 6.07) is 4.24. The van der Waals surface area contributed by atoms with Crippen LogP contribution in [-0.2, 0) is 4.74 Å². The predicted molar refractivity (Wildman–Crippen MR) is 70.7 cm³/mol. The molecular weight excluding hydrogens is 228 g/mol. The van der Waals surface area contributed by atoms with Crippen LogP contribution in [0.25, 0.3) is 11.0 Å². The van der Waals surface area contributed by atoms with Gasteiger partial charge in [0.25, 0.3) is 0 Å². The third-order valence-electron chi connectivity index (χ3n) is 3.42. The normalized spacial score (nSPS) is 23.1. The maximum absolute atomic E-state index is 5.73. The second-order valence-electron chi connectivity index (χ2n) is 5.43. The third kappa shape index (κ3) is 2.20. The summed E-state index contributed by atoms with van der Waals surface area (Å²) in [6.45, 7) is 5.06. The van der Waals surface area contributed by atoms with Crippen molar-refractivity contribution in [1.29, 1.82) is 0 Å². The Balaban J connectivity index is 1.82. The van der Waals surface area contributed by atoms with Crippen LogP contribution in [0.5, 0.6) is 0 Å². The summed E-state index contributed by atoms with van der Waals surface area (Å²) in [6.07, 6.45) is 5.48.